The number of phenolic OH excluding ortho intramolecular Hbond substituents is 1. The number of nitrogens with zero attached hydrogens (tertiary/aromatic N) is 2. The SMILES string of the molecule is CN(C(=O)/C=C/c1cc(Br)cs1)C1CCC2Oc3c(O)ccc4c3[C@@]23CCN(C)[C@H](C4)[C@]13O. The molecule has 1 amide bonds. The summed E-state index contributed by atoms with van der Waals surface area (Å²) in [6.07, 6.45) is 6.03. The summed E-state index contributed by atoms with van der Waals surface area (Å²) in [4.78, 5) is 18.2. The van der Waals surface area contributed by atoms with Gasteiger partial charge >= 0.3 is 0 Å². The molecule has 2 aliphatic carbocycles. The van der Waals surface area contributed by atoms with E-state index in [4.69, 9.17) is 4.74 Å². The molecule has 5 atom stereocenters. The molecule has 1 aromatic carbocycles. The minimum atomic E-state index is -1.17. The quantitative estimate of drug-likeness (QED) is 0.593. The van der Waals surface area contributed by atoms with E-state index >= 15 is 0 Å². The second-order valence-electron chi connectivity index (χ2n) is 9.84. The lowest BCUT2D eigenvalue weighted by Gasteiger charge is -2.66. The molecule has 4 aliphatic rings. The highest BCUT2D eigenvalue weighted by atomic mass is 79.9. The van der Waals surface area contributed by atoms with Gasteiger partial charge in [-0.3, -0.25) is 4.79 Å². The van der Waals surface area contributed by atoms with E-state index in [1.165, 1.54) is 0 Å². The third-order valence-corrected chi connectivity index (χ3v) is 10.2. The summed E-state index contributed by atoms with van der Waals surface area (Å²) in [6, 6.07) is 5.20. The fourth-order valence-corrected chi connectivity index (χ4v) is 8.42. The van der Waals surface area contributed by atoms with E-state index in [1.54, 1.807) is 35.4 Å². The zero-order valence-electron chi connectivity index (χ0n) is 18.6. The maximum Gasteiger partial charge on any atom is 0.246 e. The van der Waals surface area contributed by atoms with Crippen molar-refractivity contribution in [2.75, 3.05) is 20.6 Å². The van der Waals surface area contributed by atoms with Crippen molar-refractivity contribution < 1.29 is 19.7 Å². The van der Waals surface area contributed by atoms with E-state index < -0.39 is 11.0 Å². The van der Waals surface area contributed by atoms with Crippen molar-refractivity contribution in [2.45, 2.75) is 54.9 Å². The Morgan fingerprint density at radius 1 is 1.39 bits per heavy atom. The molecule has 174 valence electrons. The van der Waals surface area contributed by atoms with E-state index in [-0.39, 0.29) is 29.8 Å². The molecule has 2 bridgehead atoms. The van der Waals surface area contributed by atoms with Crippen molar-refractivity contribution >= 4 is 39.2 Å². The van der Waals surface area contributed by atoms with Crippen LogP contribution in [0.5, 0.6) is 11.5 Å². The Morgan fingerprint density at radius 3 is 2.97 bits per heavy atom. The highest BCUT2D eigenvalue weighted by molar-refractivity contribution is 9.10. The minimum absolute atomic E-state index is 0.116. The van der Waals surface area contributed by atoms with Gasteiger partial charge in [-0.25, -0.2) is 0 Å². The molecule has 2 aliphatic heterocycles. The van der Waals surface area contributed by atoms with Crippen LogP contribution >= 0.6 is 27.3 Å². The molecular weight excluding hydrogens is 504 g/mol. The van der Waals surface area contributed by atoms with Crippen LogP contribution in [-0.2, 0) is 16.6 Å². The molecule has 2 fully saturated rings. The zero-order valence-corrected chi connectivity index (χ0v) is 21.0. The normalized spacial score (nSPS) is 34.2. The van der Waals surface area contributed by atoms with Crippen LogP contribution < -0.4 is 4.74 Å². The van der Waals surface area contributed by atoms with Gasteiger partial charge in [-0.05, 0) is 79.0 Å². The molecule has 33 heavy (non-hydrogen) atoms. The third-order valence-electron chi connectivity index (χ3n) is 8.51. The molecule has 2 unspecified atom stereocenters. The first kappa shape index (κ1) is 21.6. The predicted octanol–water partition coefficient (Wildman–Crippen LogP) is 3.54. The number of halogens is 1. The van der Waals surface area contributed by atoms with Gasteiger partial charge in [0.1, 0.15) is 11.7 Å². The monoisotopic (exact) mass is 530 g/mol. The first-order chi connectivity index (χ1) is 15.8. The number of hydrogen-bond acceptors (Lipinski definition) is 6. The van der Waals surface area contributed by atoms with Crippen molar-refractivity contribution in [1.29, 1.82) is 0 Å². The number of aromatic hydroxyl groups is 1. The maximum atomic E-state index is 13.3. The fraction of sp³-hybridized carbons (Fsp3) is 0.480. The predicted molar refractivity (Wildman–Crippen MR) is 131 cm³/mol. The van der Waals surface area contributed by atoms with Crippen LogP contribution in [0.1, 0.15) is 35.3 Å². The van der Waals surface area contributed by atoms with Gasteiger partial charge < -0.3 is 24.7 Å². The number of ether oxygens (including phenoxy) is 1. The third kappa shape index (κ3) is 2.75. The molecule has 6 nitrogen and oxygen atoms in total. The Hall–Kier alpha value is -1.87. The largest absolute Gasteiger partial charge is 0.504 e. The van der Waals surface area contributed by atoms with Crippen LogP contribution in [0.3, 0.4) is 0 Å². The number of likely N-dealkylation sites (N-methyl/N-ethyl adjacent to an activating group) is 2. The smallest absolute Gasteiger partial charge is 0.246 e. The summed E-state index contributed by atoms with van der Waals surface area (Å²) in [5.74, 6) is 0.564. The number of carbonyl (C=O) groups is 1. The van der Waals surface area contributed by atoms with E-state index in [0.717, 1.165) is 39.9 Å². The van der Waals surface area contributed by atoms with Crippen molar-refractivity contribution in [3.63, 3.8) is 0 Å². The standard InChI is InChI=1S/C25H27BrN2O4S/c1-27-10-9-24-20-7-6-18(28(2)21(30)8-4-16-12-15(26)13-33-16)25(24,31)19(27)11-14-3-5-17(29)23(32-20)22(14)24/h3-5,8,12-13,18-20,29,31H,6-7,9-11H2,1-2H3/b8-4+/t18?,19-,20?,24-,25-/m1/s1. The van der Waals surface area contributed by atoms with Gasteiger partial charge in [0.15, 0.2) is 11.5 Å². The summed E-state index contributed by atoms with van der Waals surface area (Å²) < 4.78 is 7.35. The molecule has 3 heterocycles. The lowest BCUT2D eigenvalue weighted by atomic mass is 9.47. The van der Waals surface area contributed by atoms with Gasteiger partial charge in [-0.1, -0.05) is 6.07 Å². The number of hydrogen-bond donors (Lipinski definition) is 2. The maximum absolute atomic E-state index is 13.3. The Kier molecular flexibility index (Phi) is 4.80. The van der Waals surface area contributed by atoms with Crippen LogP contribution in [0.25, 0.3) is 6.08 Å². The number of piperidine rings is 1. The van der Waals surface area contributed by atoms with Crippen LogP contribution in [0.15, 0.2) is 34.1 Å². The topological polar surface area (TPSA) is 73.2 Å². The second kappa shape index (κ2) is 7.31. The van der Waals surface area contributed by atoms with E-state index in [0.29, 0.717) is 18.6 Å². The number of amides is 1. The first-order valence-corrected chi connectivity index (χ1v) is 13.1. The molecule has 6 rings (SSSR count). The van der Waals surface area contributed by atoms with Crippen LogP contribution in [0, 0.1) is 0 Å². The summed E-state index contributed by atoms with van der Waals surface area (Å²) in [7, 11) is 3.87. The zero-order chi connectivity index (χ0) is 23.1. The number of thiophene rings is 1. The highest BCUT2D eigenvalue weighted by Gasteiger charge is 2.74. The van der Waals surface area contributed by atoms with Gasteiger partial charge in [-0.2, -0.15) is 0 Å². The Labute approximate surface area is 205 Å². The summed E-state index contributed by atoms with van der Waals surface area (Å²) in [6.45, 7) is 0.846. The molecule has 1 saturated carbocycles. The molecule has 2 aromatic rings. The van der Waals surface area contributed by atoms with Crippen molar-refractivity contribution in [2.24, 2.45) is 0 Å². The number of aliphatic hydroxyl groups is 1. The van der Waals surface area contributed by atoms with Gasteiger partial charge in [0.2, 0.25) is 5.91 Å². The van der Waals surface area contributed by atoms with E-state index in [2.05, 4.69) is 27.9 Å². The number of carbonyl (C=O) groups excluding carboxylic acids is 1. The Bertz CT molecular complexity index is 1180. The molecule has 1 saturated heterocycles. The average molecular weight is 531 g/mol. The number of likely N-dealkylation sites (tertiary alicyclic amines) is 1. The molecule has 1 spiro atoms. The van der Waals surface area contributed by atoms with Gasteiger partial charge in [0.05, 0.1) is 11.5 Å². The summed E-state index contributed by atoms with van der Waals surface area (Å²) in [5, 5.41) is 25.3. The molecule has 8 heteroatoms. The number of rotatable bonds is 3. The molecule has 1 aromatic heterocycles. The number of phenols is 1. The van der Waals surface area contributed by atoms with E-state index in [9.17, 15) is 15.0 Å². The number of benzene rings is 1. The average Bonchev–Trinajstić information content (AvgIpc) is 3.36. The van der Waals surface area contributed by atoms with Crippen molar-refractivity contribution in [1.82, 2.24) is 9.80 Å². The van der Waals surface area contributed by atoms with E-state index in [1.807, 2.05) is 23.6 Å². The fourth-order valence-electron chi connectivity index (χ4n) is 7.08. The van der Waals surface area contributed by atoms with Gasteiger partial charge in [-0.15, -0.1) is 11.3 Å². The summed E-state index contributed by atoms with van der Waals surface area (Å²) in [5.41, 5.74) is 0.332. The van der Waals surface area contributed by atoms with Gasteiger partial charge in [0.25, 0.3) is 0 Å². The van der Waals surface area contributed by atoms with Gasteiger partial charge in [0, 0.05) is 39.5 Å². The minimum Gasteiger partial charge on any atom is -0.504 e. The lowest BCUT2D eigenvalue weighted by molar-refractivity contribution is -0.213. The van der Waals surface area contributed by atoms with Crippen LogP contribution in [0.2, 0.25) is 0 Å². The van der Waals surface area contributed by atoms with Crippen LogP contribution in [0.4, 0.5) is 0 Å². The second-order valence-corrected chi connectivity index (χ2v) is 11.7. The Balaban J connectivity index is 1.43. The molecule has 0 radical (unpaired) electrons. The molecular formula is C25H27BrN2O4S. The first-order valence-electron chi connectivity index (χ1n) is 11.4. The Morgan fingerprint density at radius 2 is 2.21 bits per heavy atom. The van der Waals surface area contributed by atoms with Crippen molar-refractivity contribution in [3.05, 3.63) is 50.1 Å². The highest BCUT2D eigenvalue weighted by Crippen LogP contribution is 2.65. The molecule has 2 N–H and O–H groups in total. The van der Waals surface area contributed by atoms with Crippen LogP contribution in [-0.4, -0.2) is 70.3 Å². The summed E-state index contributed by atoms with van der Waals surface area (Å²) >= 11 is 5.02. The lowest BCUT2D eigenvalue weighted by Crippen LogP contribution is -2.81. The van der Waals surface area contributed by atoms with Crippen molar-refractivity contribution in [3.8, 4) is 11.5 Å².